The molecule has 15 heteroatoms. The third-order valence-corrected chi connectivity index (χ3v) is 7.78. The first kappa shape index (κ1) is 33.9. The van der Waals surface area contributed by atoms with Gasteiger partial charge in [0.05, 0.1) is 30.8 Å². The molecule has 1 atom stereocenters. The lowest BCUT2D eigenvalue weighted by molar-refractivity contribution is -0.115. The number of halogens is 1. The van der Waals surface area contributed by atoms with Gasteiger partial charge in [-0.2, -0.15) is 14.8 Å². The van der Waals surface area contributed by atoms with Gasteiger partial charge in [0.2, 0.25) is 5.91 Å². The summed E-state index contributed by atoms with van der Waals surface area (Å²) in [5.74, 6) is 0.874. The average molecular weight is 644 g/mol. The summed E-state index contributed by atoms with van der Waals surface area (Å²) in [4.78, 5) is 21.1. The molecule has 13 nitrogen and oxygen atoms in total. The Bertz CT molecular complexity index is 1630. The first-order chi connectivity index (χ1) is 21.4. The molecule has 0 aliphatic heterocycles. The van der Waals surface area contributed by atoms with E-state index < -0.39 is 19.2 Å². The van der Waals surface area contributed by atoms with Crippen molar-refractivity contribution < 1.29 is 32.2 Å². The third-order valence-electron chi connectivity index (χ3n) is 6.01. The zero-order valence-corrected chi connectivity index (χ0v) is 26.9. The number of H-pyrrole nitrogens is 1. The van der Waals surface area contributed by atoms with Crippen molar-refractivity contribution in [3.8, 4) is 5.75 Å². The van der Waals surface area contributed by atoms with Gasteiger partial charge in [-0.25, -0.2) is 18.9 Å². The highest BCUT2D eigenvalue weighted by Gasteiger charge is 2.35. The Morgan fingerprint density at radius 1 is 1.11 bits per heavy atom. The van der Waals surface area contributed by atoms with E-state index in [9.17, 15) is 13.8 Å². The number of amides is 1. The summed E-state index contributed by atoms with van der Waals surface area (Å²) in [6.45, 7) is 10.5. The second-order valence-corrected chi connectivity index (χ2v) is 12.4. The Labute approximate surface area is 261 Å². The van der Waals surface area contributed by atoms with E-state index in [1.807, 2.05) is 25.1 Å². The van der Waals surface area contributed by atoms with Crippen LogP contribution in [0.25, 0.3) is 10.9 Å². The molecule has 0 aliphatic carbocycles. The van der Waals surface area contributed by atoms with E-state index in [1.54, 1.807) is 44.9 Å². The Morgan fingerprint density at radius 2 is 1.93 bits per heavy atom. The van der Waals surface area contributed by atoms with Crippen LogP contribution in [0.3, 0.4) is 0 Å². The van der Waals surface area contributed by atoms with E-state index >= 15 is 0 Å². The van der Waals surface area contributed by atoms with Crippen LogP contribution in [0, 0.1) is 5.82 Å². The largest absolute Gasteiger partial charge is 0.493 e. The van der Waals surface area contributed by atoms with Crippen LogP contribution >= 0.6 is 7.82 Å². The second-order valence-electron chi connectivity index (χ2n) is 10.9. The van der Waals surface area contributed by atoms with Crippen molar-refractivity contribution in [2.24, 2.45) is 0 Å². The molecule has 0 spiro atoms. The molecule has 0 bridgehead atoms. The highest BCUT2D eigenvalue weighted by Crippen LogP contribution is 2.53. The van der Waals surface area contributed by atoms with E-state index in [0.29, 0.717) is 60.4 Å². The van der Waals surface area contributed by atoms with E-state index in [-0.39, 0.29) is 18.9 Å². The van der Waals surface area contributed by atoms with E-state index in [0.717, 1.165) is 5.39 Å². The lowest BCUT2D eigenvalue weighted by atomic mass is 10.2. The molecule has 2 aromatic carbocycles. The number of nitrogens with zero attached hydrogens (tertiary/aromatic N) is 4. The number of nitrogens with one attached hydrogen (secondary N) is 3. The van der Waals surface area contributed by atoms with Crippen LogP contribution in [-0.2, 0) is 29.5 Å². The molecule has 0 fully saturated rings. The Balaban J connectivity index is 1.30. The van der Waals surface area contributed by atoms with Crippen molar-refractivity contribution >= 4 is 42.0 Å². The number of phosphoric ester groups is 1. The summed E-state index contributed by atoms with van der Waals surface area (Å²) in [6.07, 6.45) is 2.04. The average Bonchev–Trinajstić information content (AvgIpc) is 3.40. The number of carbonyl (C=O) groups is 1. The maximum absolute atomic E-state index is 13.4. The molecule has 1 amide bonds. The lowest BCUT2D eigenvalue weighted by Crippen LogP contribution is -2.28. The molecular weight excluding hydrogens is 604 g/mol. The topological polar surface area (TPSA) is 153 Å². The first-order valence-corrected chi connectivity index (χ1v) is 16.1. The van der Waals surface area contributed by atoms with Gasteiger partial charge in [0.25, 0.3) is 0 Å². The maximum Gasteiger partial charge on any atom is 0.492 e. The minimum absolute atomic E-state index is 0.0229. The molecule has 0 saturated carbocycles. The highest BCUT2D eigenvalue weighted by molar-refractivity contribution is 7.48. The number of benzene rings is 2. The number of rotatable bonds is 16. The number of phosphoric acid groups is 1. The number of ether oxygens (including phenoxy) is 1. The van der Waals surface area contributed by atoms with Gasteiger partial charge >= 0.3 is 7.82 Å². The molecule has 2 aromatic heterocycles. The van der Waals surface area contributed by atoms with E-state index in [2.05, 4.69) is 30.8 Å². The zero-order valence-electron chi connectivity index (χ0n) is 26.0. The molecular formula is C30H39FN7O6P. The van der Waals surface area contributed by atoms with Gasteiger partial charge in [-0.3, -0.25) is 18.9 Å². The second kappa shape index (κ2) is 15.4. The van der Waals surface area contributed by atoms with Gasteiger partial charge < -0.3 is 15.4 Å². The Morgan fingerprint density at radius 3 is 2.67 bits per heavy atom. The fourth-order valence-corrected chi connectivity index (χ4v) is 5.80. The number of carbonyl (C=O) groups excluding carboxylic acids is 1. The summed E-state index contributed by atoms with van der Waals surface area (Å²) < 4.78 is 48.9. The predicted octanol–water partition coefficient (Wildman–Crippen LogP) is 6.40. The molecule has 4 aromatic rings. The summed E-state index contributed by atoms with van der Waals surface area (Å²) in [7, 11) is -3.77. The van der Waals surface area contributed by atoms with Gasteiger partial charge in [-0.15, -0.1) is 0 Å². The van der Waals surface area contributed by atoms with Crippen molar-refractivity contribution in [1.29, 1.82) is 0 Å². The molecule has 2 heterocycles. The van der Waals surface area contributed by atoms with Gasteiger partial charge in [0.15, 0.2) is 5.82 Å². The molecule has 45 heavy (non-hydrogen) atoms. The standard InChI is InChI=1S/C30H39FN7O6P/c1-6-38(44-45(40,42-7-2)43-30(3,4)5)14-9-15-41-24-12-13-25-26(19-24)32-20-33-29(25)35-27-17-23(36-37-27)18-28(39)34-22-11-8-10-21(31)16-22/h8,10-13,16-17,19-20H,6-7,9,14-15,18H2,1-5H3,(H,34,39)(H2,32,33,35,36,37). The molecule has 242 valence electrons. The van der Waals surface area contributed by atoms with Gasteiger partial charge in [0, 0.05) is 42.0 Å². The van der Waals surface area contributed by atoms with Gasteiger partial charge in [0.1, 0.15) is 23.7 Å². The predicted molar refractivity (Wildman–Crippen MR) is 169 cm³/mol. The summed E-state index contributed by atoms with van der Waals surface area (Å²) >= 11 is 0. The number of anilines is 3. The molecule has 0 aliphatic rings. The van der Waals surface area contributed by atoms with E-state index in [4.69, 9.17) is 18.4 Å². The highest BCUT2D eigenvalue weighted by atomic mass is 31.2. The number of fused-ring (bicyclic) bond motifs is 1. The molecule has 0 saturated heterocycles. The fourth-order valence-electron chi connectivity index (χ4n) is 4.20. The fraction of sp³-hybridized carbons (Fsp3) is 0.400. The number of aromatic amines is 1. The monoisotopic (exact) mass is 643 g/mol. The van der Waals surface area contributed by atoms with Crippen LogP contribution in [-0.4, -0.2) is 63.0 Å². The lowest BCUT2D eigenvalue weighted by Gasteiger charge is -2.29. The zero-order chi connectivity index (χ0) is 32.5. The normalized spacial score (nSPS) is 13.1. The number of aromatic nitrogens is 4. The minimum atomic E-state index is -3.77. The van der Waals surface area contributed by atoms with Crippen molar-refractivity contribution in [3.05, 3.63) is 66.4 Å². The van der Waals surface area contributed by atoms with Crippen molar-refractivity contribution in [1.82, 2.24) is 25.2 Å². The van der Waals surface area contributed by atoms with Gasteiger partial charge in [-0.05, 0) is 64.4 Å². The summed E-state index contributed by atoms with van der Waals surface area (Å²) in [5.41, 5.74) is 0.898. The number of hydroxylamine groups is 2. The van der Waals surface area contributed by atoms with Crippen molar-refractivity contribution in [2.45, 2.75) is 53.1 Å². The van der Waals surface area contributed by atoms with Crippen LogP contribution in [0.1, 0.15) is 46.7 Å². The molecule has 4 rings (SSSR count). The van der Waals surface area contributed by atoms with Crippen LogP contribution < -0.4 is 15.4 Å². The van der Waals surface area contributed by atoms with Crippen LogP contribution in [0.4, 0.5) is 21.7 Å². The molecule has 3 N–H and O–H groups in total. The quantitative estimate of drug-likeness (QED) is 0.0706. The molecule has 0 radical (unpaired) electrons. The Hall–Kier alpha value is -3.94. The number of hydrogen-bond acceptors (Lipinski definition) is 11. The van der Waals surface area contributed by atoms with E-state index in [1.165, 1.54) is 24.5 Å². The third kappa shape index (κ3) is 10.6. The van der Waals surface area contributed by atoms with Crippen LogP contribution in [0.15, 0.2) is 54.9 Å². The maximum atomic E-state index is 13.4. The molecule has 1 unspecified atom stereocenters. The van der Waals surface area contributed by atoms with Crippen molar-refractivity contribution in [3.63, 3.8) is 0 Å². The smallest absolute Gasteiger partial charge is 0.492 e. The first-order valence-electron chi connectivity index (χ1n) is 14.6. The number of hydrogen-bond donors (Lipinski definition) is 3. The SMILES string of the molecule is CCOP(=O)(ON(CC)CCCOc1ccc2c(Nc3cc(CC(=O)Nc4cccc(F)c4)[nH]n3)ncnc2c1)OC(C)(C)C. The summed E-state index contributed by atoms with van der Waals surface area (Å²) in [6, 6.07) is 12.9. The summed E-state index contributed by atoms with van der Waals surface area (Å²) in [5, 5.41) is 15.2. The van der Waals surface area contributed by atoms with Crippen molar-refractivity contribution in [2.75, 3.05) is 36.9 Å². The van der Waals surface area contributed by atoms with Crippen LogP contribution in [0.5, 0.6) is 5.75 Å². The van der Waals surface area contributed by atoms with Crippen LogP contribution in [0.2, 0.25) is 0 Å². The Kier molecular flexibility index (Phi) is 11.6. The minimum Gasteiger partial charge on any atom is -0.493 e. The van der Waals surface area contributed by atoms with Gasteiger partial charge in [-0.1, -0.05) is 13.0 Å².